The minimum Gasteiger partial charge on any atom is -0.356 e. The molecule has 0 N–H and O–H groups in total. The first-order valence-electron chi connectivity index (χ1n) is 6.86. The van der Waals surface area contributed by atoms with Crippen LogP contribution in [0.4, 0.5) is 0 Å². The number of nitrogens with zero attached hydrogens (tertiary/aromatic N) is 2. The summed E-state index contributed by atoms with van der Waals surface area (Å²) in [6, 6.07) is 21.0. The van der Waals surface area contributed by atoms with Crippen molar-refractivity contribution in [3.05, 3.63) is 84.4 Å². The SMILES string of the molecule is C=CCN1C=NC(c2ccccc2)(c2ccccc2)C1. The van der Waals surface area contributed by atoms with Crippen molar-refractivity contribution in [1.82, 2.24) is 4.90 Å². The zero-order valence-corrected chi connectivity index (χ0v) is 11.4. The van der Waals surface area contributed by atoms with Gasteiger partial charge in [-0.15, -0.1) is 6.58 Å². The molecule has 2 heteroatoms. The van der Waals surface area contributed by atoms with Crippen LogP contribution in [0.2, 0.25) is 0 Å². The Balaban J connectivity index is 2.06. The van der Waals surface area contributed by atoms with Crippen LogP contribution < -0.4 is 0 Å². The average Bonchev–Trinajstić information content (AvgIpc) is 2.95. The van der Waals surface area contributed by atoms with Crippen molar-refractivity contribution >= 4 is 6.34 Å². The van der Waals surface area contributed by atoms with E-state index in [0.29, 0.717) is 0 Å². The highest BCUT2D eigenvalue weighted by Crippen LogP contribution is 2.37. The third kappa shape index (κ3) is 2.14. The molecule has 0 atom stereocenters. The van der Waals surface area contributed by atoms with Gasteiger partial charge in [0.15, 0.2) is 0 Å². The molecule has 100 valence electrons. The Kier molecular flexibility index (Phi) is 3.38. The van der Waals surface area contributed by atoms with Crippen molar-refractivity contribution < 1.29 is 0 Å². The van der Waals surface area contributed by atoms with Gasteiger partial charge in [-0.3, -0.25) is 4.99 Å². The lowest BCUT2D eigenvalue weighted by Crippen LogP contribution is -2.33. The van der Waals surface area contributed by atoms with Gasteiger partial charge in [-0.1, -0.05) is 66.7 Å². The van der Waals surface area contributed by atoms with Gasteiger partial charge in [0.1, 0.15) is 5.54 Å². The molecule has 0 saturated carbocycles. The molecule has 0 spiro atoms. The molecule has 0 saturated heterocycles. The van der Waals surface area contributed by atoms with Gasteiger partial charge in [0.05, 0.1) is 12.9 Å². The first-order chi connectivity index (χ1) is 9.85. The maximum atomic E-state index is 4.86. The van der Waals surface area contributed by atoms with Gasteiger partial charge in [0.2, 0.25) is 0 Å². The Hall–Kier alpha value is -2.35. The van der Waals surface area contributed by atoms with Gasteiger partial charge in [-0.25, -0.2) is 0 Å². The molecule has 20 heavy (non-hydrogen) atoms. The van der Waals surface area contributed by atoms with Crippen LogP contribution in [0.1, 0.15) is 11.1 Å². The van der Waals surface area contributed by atoms with Crippen molar-refractivity contribution in [1.29, 1.82) is 0 Å². The summed E-state index contributed by atoms with van der Waals surface area (Å²) in [5, 5.41) is 0. The van der Waals surface area contributed by atoms with Crippen LogP contribution >= 0.6 is 0 Å². The standard InChI is InChI=1S/C18H18N2/c1-2-13-20-14-18(19-15-20,16-9-5-3-6-10-16)17-11-7-4-8-12-17/h2-12,15H,1,13-14H2. The molecule has 2 nitrogen and oxygen atoms in total. The van der Waals surface area contributed by atoms with Gasteiger partial charge < -0.3 is 4.90 Å². The molecule has 0 radical (unpaired) electrons. The van der Waals surface area contributed by atoms with E-state index in [-0.39, 0.29) is 5.54 Å². The molecule has 0 amide bonds. The third-order valence-corrected chi connectivity index (χ3v) is 3.74. The normalized spacial score (nSPS) is 16.3. The largest absolute Gasteiger partial charge is 0.356 e. The van der Waals surface area contributed by atoms with Gasteiger partial charge in [-0.2, -0.15) is 0 Å². The summed E-state index contributed by atoms with van der Waals surface area (Å²) < 4.78 is 0. The van der Waals surface area contributed by atoms with Crippen LogP contribution in [-0.4, -0.2) is 24.3 Å². The Labute approximate surface area is 120 Å². The number of hydrogen-bond donors (Lipinski definition) is 0. The lowest BCUT2D eigenvalue weighted by molar-refractivity contribution is 0.413. The second-order valence-electron chi connectivity index (χ2n) is 5.06. The molecule has 0 bridgehead atoms. The fraction of sp³-hybridized carbons (Fsp3) is 0.167. The summed E-state index contributed by atoms with van der Waals surface area (Å²) in [4.78, 5) is 7.06. The summed E-state index contributed by atoms with van der Waals surface area (Å²) in [5.41, 5.74) is 2.16. The molecule has 2 aromatic rings. The van der Waals surface area contributed by atoms with E-state index < -0.39 is 0 Å². The summed E-state index contributed by atoms with van der Waals surface area (Å²) in [6.45, 7) is 5.49. The molecule has 1 aliphatic heterocycles. The molecule has 0 aliphatic carbocycles. The van der Waals surface area contributed by atoms with Gasteiger partial charge in [0, 0.05) is 6.54 Å². The number of rotatable bonds is 4. The minimum absolute atomic E-state index is 0.300. The fourth-order valence-corrected chi connectivity index (χ4v) is 2.76. The Morgan fingerprint density at radius 3 is 2.05 bits per heavy atom. The van der Waals surface area contributed by atoms with Crippen LogP contribution in [0.25, 0.3) is 0 Å². The van der Waals surface area contributed by atoms with Crippen LogP contribution in [0.15, 0.2) is 78.3 Å². The Morgan fingerprint density at radius 1 is 1.00 bits per heavy atom. The average molecular weight is 262 g/mol. The van der Waals surface area contributed by atoms with E-state index in [0.717, 1.165) is 13.1 Å². The molecular formula is C18H18N2. The molecule has 1 aliphatic rings. The van der Waals surface area contributed by atoms with E-state index in [9.17, 15) is 0 Å². The molecule has 2 aromatic carbocycles. The summed E-state index contributed by atoms with van der Waals surface area (Å²) in [7, 11) is 0. The molecule has 1 heterocycles. The molecule has 0 aromatic heterocycles. The van der Waals surface area contributed by atoms with Crippen LogP contribution in [0.3, 0.4) is 0 Å². The van der Waals surface area contributed by atoms with Crippen LogP contribution in [0, 0.1) is 0 Å². The predicted octanol–water partition coefficient (Wildman–Crippen LogP) is 3.46. The molecule has 0 unspecified atom stereocenters. The van der Waals surface area contributed by atoms with Crippen molar-refractivity contribution in [2.24, 2.45) is 4.99 Å². The van der Waals surface area contributed by atoms with Crippen molar-refractivity contribution in [3.8, 4) is 0 Å². The smallest absolute Gasteiger partial charge is 0.130 e. The lowest BCUT2D eigenvalue weighted by Gasteiger charge is -2.29. The number of aliphatic imine (C=N–C) groups is 1. The summed E-state index contributed by atoms with van der Waals surface area (Å²) >= 11 is 0. The second kappa shape index (κ2) is 5.33. The zero-order valence-electron chi connectivity index (χ0n) is 11.4. The lowest BCUT2D eigenvalue weighted by atomic mass is 9.83. The van der Waals surface area contributed by atoms with E-state index >= 15 is 0 Å². The second-order valence-corrected chi connectivity index (χ2v) is 5.06. The fourth-order valence-electron chi connectivity index (χ4n) is 2.76. The monoisotopic (exact) mass is 262 g/mol. The quantitative estimate of drug-likeness (QED) is 0.770. The molecule has 0 fully saturated rings. The van der Waals surface area contributed by atoms with E-state index in [1.54, 1.807) is 0 Å². The maximum Gasteiger partial charge on any atom is 0.130 e. The number of hydrogen-bond acceptors (Lipinski definition) is 2. The van der Waals surface area contributed by atoms with Gasteiger partial charge in [-0.05, 0) is 11.1 Å². The first kappa shape index (κ1) is 12.7. The summed E-state index contributed by atoms with van der Waals surface area (Å²) in [5.74, 6) is 0. The van der Waals surface area contributed by atoms with E-state index in [4.69, 9.17) is 4.99 Å². The zero-order chi connectivity index (χ0) is 13.8. The highest BCUT2D eigenvalue weighted by atomic mass is 15.2. The maximum absolute atomic E-state index is 4.86. The highest BCUT2D eigenvalue weighted by Gasteiger charge is 2.38. The predicted molar refractivity (Wildman–Crippen MR) is 83.9 cm³/mol. The van der Waals surface area contributed by atoms with E-state index in [1.807, 2.05) is 24.5 Å². The van der Waals surface area contributed by atoms with Crippen LogP contribution in [0.5, 0.6) is 0 Å². The topological polar surface area (TPSA) is 15.6 Å². The molecular weight excluding hydrogens is 244 g/mol. The van der Waals surface area contributed by atoms with Gasteiger partial charge >= 0.3 is 0 Å². The van der Waals surface area contributed by atoms with Crippen LogP contribution in [-0.2, 0) is 5.54 Å². The van der Waals surface area contributed by atoms with E-state index in [2.05, 4.69) is 60.0 Å². The summed E-state index contributed by atoms with van der Waals surface area (Å²) in [6.07, 6.45) is 3.86. The Bertz CT molecular complexity index is 562. The molecule has 3 rings (SSSR count). The van der Waals surface area contributed by atoms with Crippen molar-refractivity contribution in [2.75, 3.05) is 13.1 Å². The van der Waals surface area contributed by atoms with Crippen molar-refractivity contribution in [3.63, 3.8) is 0 Å². The highest BCUT2D eigenvalue weighted by molar-refractivity contribution is 5.63. The number of benzene rings is 2. The van der Waals surface area contributed by atoms with Gasteiger partial charge in [0.25, 0.3) is 0 Å². The minimum atomic E-state index is -0.300. The Morgan fingerprint density at radius 2 is 1.55 bits per heavy atom. The third-order valence-electron chi connectivity index (χ3n) is 3.74. The van der Waals surface area contributed by atoms with Crippen molar-refractivity contribution in [2.45, 2.75) is 5.54 Å². The first-order valence-corrected chi connectivity index (χ1v) is 6.86. The van der Waals surface area contributed by atoms with E-state index in [1.165, 1.54) is 11.1 Å².